The molecule has 2 aliphatic heterocycles. The highest BCUT2D eigenvalue weighted by molar-refractivity contribution is 5.58. The van der Waals surface area contributed by atoms with Crippen LogP contribution in [-0.2, 0) is 0 Å². The Morgan fingerprint density at radius 3 is 2.95 bits per heavy atom. The minimum atomic E-state index is 0.409. The number of hydrogen-bond acceptors (Lipinski definition) is 4. The second-order valence-electron chi connectivity index (χ2n) is 5.99. The van der Waals surface area contributed by atoms with E-state index in [1.165, 1.54) is 12.8 Å². The van der Waals surface area contributed by atoms with Crippen LogP contribution in [0.4, 0.5) is 5.82 Å². The fourth-order valence-electron chi connectivity index (χ4n) is 3.44. The quantitative estimate of drug-likeness (QED) is 0.832. The molecule has 1 N–H and O–H groups in total. The average molecular weight is 256 g/mol. The Morgan fingerprint density at radius 1 is 1.42 bits per heavy atom. The first-order valence-corrected chi connectivity index (χ1v) is 6.98. The number of pyridine rings is 1. The van der Waals surface area contributed by atoms with Gasteiger partial charge < -0.3 is 10.2 Å². The number of rotatable bonds is 1. The van der Waals surface area contributed by atoms with E-state index in [0.717, 1.165) is 48.8 Å². The molecule has 2 aliphatic rings. The molecule has 2 saturated heterocycles. The number of anilines is 1. The largest absolute Gasteiger partial charge is 0.355 e. The molecule has 0 amide bonds. The van der Waals surface area contributed by atoms with Crippen LogP contribution in [0.25, 0.3) is 0 Å². The minimum Gasteiger partial charge on any atom is -0.355 e. The van der Waals surface area contributed by atoms with Crippen molar-refractivity contribution in [3.05, 3.63) is 22.9 Å². The van der Waals surface area contributed by atoms with Crippen LogP contribution >= 0.6 is 0 Å². The van der Waals surface area contributed by atoms with Gasteiger partial charge in [-0.05, 0) is 44.9 Å². The molecule has 4 heteroatoms. The van der Waals surface area contributed by atoms with Crippen LogP contribution in [0.5, 0.6) is 0 Å². The first kappa shape index (κ1) is 12.4. The molecule has 1 aromatic rings. The van der Waals surface area contributed by atoms with Crippen molar-refractivity contribution in [2.75, 3.05) is 31.1 Å². The Hall–Kier alpha value is -1.60. The lowest BCUT2D eigenvalue weighted by Gasteiger charge is -2.24. The van der Waals surface area contributed by atoms with Gasteiger partial charge in [-0.1, -0.05) is 0 Å². The summed E-state index contributed by atoms with van der Waals surface area (Å²) in [5, 5.41) is 12.8. The highest BCUT2D eigenvalue weighted by atomic mass is 15.2. The van der Waals surface area contributed by atoms with Crippen molar-refractivity contribution in [1.82, 2.24) is 10.3 Å². The summed E-state index contributed by atoms with van der Waals surface area (Å²) in [7, 11) is 0. The standard InChI is InChI=1S/C15H20N4/c1-11-7-12(2)18-14(13(11)8-16)19-6-4-15(10-19)3-5-17-9-15/h7,17H,3-6,9-10H2,1-2H3. The molecule has 1 aromatic heterocycles. The first-order chi connectivity index (χ1) is 9.13. The smallest absolute Gasteiger partial charge is 0.147 e. The van der Waals surface area contributed by atoms with E-state index in [4.69, 9.17) is 0 Å². The van der Waals surface area contributed by atoms with Gasteiger partial charge in [0.05, 0.1) is 5.56 Å². The van der Waals surface area contributed by atoms with Crippen molar-refractivity contribution in [3.63, 3.8) is 0 Å². The Kier molecular flexibility index (Phi) is 2.94. The zero-order valence-electron chi connectivity index (χ0n) is 11.7. The molecule has 100 valence electrons. The van der Waals surface area contributed by atoms with E-state index in [1.54, 1.807) is 0 Å². The number of nitriles is 1. The highest BCUT2D eigenvalue weighted by Gasteiger charge is 2.41. The van der Waals surface area contributed by atoms with Gasteiger partial charge in [0.15, 0.2) is 0 Å². The van der Waals surface area contributed by atoms with Crippen LogP contribution < -0.4 is 10.2 Å². The molecule has 3 heterocycles. The van der Waals surface area contributed by atoms with Crippen molar-refractivity contribution in [2.24, 2.45) is 5.41 Å². The molecule has 0 radical (unpaired) electrons. The number of aryl methyl sites for hydroxylation is 2. The second-order valence-corrected chi connectivity index (χ2v) is 5.99. The van der Waals surface area contributed by atoms with Gasteiger partial charge in [0.2, 0.25) is 0 Å². The van der Waals surface area contributed by atoms with Crippen molar-refractivity contribution in [2.45, 2.75) is 26.7 Å². The lowest BCUT2D eigenvalue weighted by atomic mass is 9.86. The Morgan fingerprint density at radius 2 is 2.26 bits per heavy atom. The molecule has 1 spiro atoms. The molecule has 3 rings (SSSR count). The molecule has 1 unspecified atom stereocenters. The maximum atomic E-state index is 9.38. The molecule has 0 saturated carbocycles. The molecular formula is C15H20N4. The van der Waals surface area contributed by atoms with Gasteiger partial charge in [-0.25, -0.2) is 4.98 Å². The SMILES string of the molecule is Cc1cc(C)c(C#N)c(N2CCC3(CCNC3)C2)n1. The van der Waals surface area contributed by atoms with Crippen molar-refractivity contribution in [1.29, 1.82) is 5.26 Å². The summed E-state index contributed by atoms with van der Waals surface area (Å²) in [5.41, 5.74) is 3.19. The zero-order chi connectivity index (χ0) is 13.5. The van der Waals surface area contributed by atoms with Gasteiger partial charge in [-0.2, -0.15) is 5.26 Å². The second kappa shape index (κ2) is 4.50. The van der Waals surface area contributed by atoms with Gasteiger partial charge in [0, 0.05) is 30.7 Å². The summed E-state index contributed by atoms with van der Waals surface area (Å²) in [4.78, 5) is 6.94. The predicted octanol–water partition coefficient (Wildman–Crippen LogP) is 1.76. The lowest BCUT2D eigenvalue weighted by molar-refractivity contribution is 0.369. The monoisotopic (exact) mass is 256 g/mol. The summed E-state index contributed by atoms with van der Waals surface area (Å²) in [5.74, 6) is 0.892. The topological polar surface area (TPSA) is 52.0 Å². The molecule has 19 heavy (non-hydrogen) atoms. The third-order valence-electron chi connectivity index (χ3n) is 4.51. The van der Waals surface area contributed by atoms with Gasteiger partial charge in [-0.15, -0.1) is 0 Å². The van der Waals surface area contributed by atoms with E-state index >= 15 is 0 Å². The van der Waals surface area contributed by atoms with Crippen LogP contribution in [0, 0.1) is 30.6 Å². The van der Waals surface area contributed by atoms with Crippen molar-refractivity contribution < 1.29 is 0 Å². The van der Waals surface area contributed by atoms with Crippen LogP contribution in [0.3, 0.4) is 0 Å². The number of aromatic nitrogens is 1. The summed E-state index contributed by atoms with van der Waals surface area (Å²) in [6.45, 7) is 8.28. The molecule has 2 fully saturated rings. The van der Waals surface area contributed by atoms with Crippen LogP contribution in [0.2, 0.25) is 0 Å². The van der Waals surface area contributed by atoms with Crippen molar-refractivity contribution >= 4 is 5.82 Å². The van der Waals surface area contributed by atoms with Crippen LogP contribution in [0.15, 0.2) is 6.07 Å². The van der Waals surface area contributed by atoms with Crippen molar-refractivity contribution in [3.8, 4) is 6.07 Å². The Bertz CT molecular complexity index is 538. The third-order valence-corrected chi connectivity index (χ3v) is 4.51. The number of nitrogens with zero attached hydrogens (tertiary/aromatic N) is 3. The van der Waals surface area contributed by atoms with Gasteiger partial charge in [-0.3, -0.25) is 0 Å². The molecule has 1 atom stereocenters. The number of nitrogens with one attached hydrogen (secondary N) is 1. The zero-order valence-corrected chi connectivity index (χ0v) is 11.7. The van der Waals surface area contributed by atoms with Crippen LogP contribution in [-0.4, -0.2) is 31.2 Å². The van der Waals surface area contributed by atoms with E-state index in [1.807, 2.05) is 19.9 Å². The first-order valence-electron chi connectivity index (χ1n) is 6.98. The average Bonchev–Trinajstić information content (AvgIpc) is 2.99. The Labute approximate surface area is 114 Å². The van der Waals surface area contributed by atoms with E-state index in [-0.39, 0.29) is 0 Å². The van der Waals surface area contributed by atoms with Gasteiger partial charge in [0.1, 0.15) is 11.9 Å². The summed E-state index contributed by atoms with van der Waals surface area (Å²) < 4.78 is 0. The van der Waals surface area contributed by atoms with Crippen LogP contribution in [0.1, 0.15) is 29.7 Å². The number of hydrogen-bond donors (Lipinski definition) is 1. The fourth-order valence-corrected chi connectivity index (χ4v) is 3.44. The fraction of sp³-hybridized carbons (Fsp3) is 0.600. The molecular weight excluding hydrogens is 236 g/mol. The maximum absolute atomic E-state index is 9.38. The highest BCUT2D eigenvalue weighted by Crippen LogP contribution is 2.38. The maximum Gasteiger partial charge on any atom is 0.147 e. The molecule has 4 nitrogen and oxygen atoms in total. The summed E-state index contributed by atoms with van der Waals surface area (Å²) in [6, 6.07) is 4.32. The third kappa shape index (κ3) is 2.08. The minimum absolute atomic E-state index is 0.409. The van der Waals surface area contributed by atoms with E-state index in [9.17, 15) is 5.26 Å². The molecule has 0 aliphatic carbocycles. The summed E-state index contributed by atoms with van der Waals surface area (Å²) in [6.07, 6.45) is 2.45. The lowest BCUT2D eigenvalue weighted by Crippen LogP contribution is -2.30. The molecule has 0 bridgehead atoms. The van der Waals surface area contributed by atoms with E-state index in [2.05, 4.69) is 21.3 Å². The summed E-state index contributed by atoms with van der Waals surface area (Å²) >= 11 is 0. The molecule has 0 aromatic carbocycles. The van der Waals surface area contributed by atoms with Gasteiger partial charge in [0.25, 0.3) is 0 Å². The Balaban J connectivity index is 1.93. The normalized spacial score (nSPS) is 26.1. The van der Waals surface area contributed by atoms with E-state index in [0.29, 0.717) is 5.41 Å². The predicted molar refractivity (Wildman–Crippen MR) is 75.2 cm³/mol. The van der Waals surface area contributed by atoms with E-state index < -0.39 is 0 Å². The van der Waals surface area contributed by atoms with Gasteiger partial charge >= 0.3 is 0 Å².